The molecule has 0 bridgehead atoms. The highest BCUT2D eigenvalue weighted by atomic mass is 16.5. The van der Waals surface area contributed by atoms with Crippen molar-refractivity contribution >= 4 is 7.05 Å². The molecule has 0 amide bonds. The summed E-state index contributed by atoms with van der Waals surface area (Å²) in [5.41, 5.74) is 3.98. The highest BCUT2D eigenvalue weighted by Gasteiger charge is 2.31. The first-order valence-electron chi connectivity index (χ1n) is 8.24. The van der Waals surface area contributed by atoms with E-state index in [-0.39, 0.29) is 7.05 Å². The van der Waals surface area contributed by atoms with E-state index in [1.807, 2.05) is 4.81 Å². The number of rotatable bonds is 6. The normalized spacial score (nSPS) is 19.1. The van der Waals surface area contributed by atoms with Crippen molar-refractivity contribution in [2.45, 2.75) is 51.5 Å². The SMILES string of the molecule is CB(O)N1CC(OCCCc2ccc3c(n2)CCCC3)C1. The molecule has 5 heteroatoms. The van der Waals surface area contributed by atoms with Gasteiger partial charge in [0.15, 0.2) is 0 Å². The molecule has 0 saturated carbocycles. The predicted octanol–water partition coefficient (Wildman–Crippen LogP) is 1.70. The van der Waals surface area contributed by atoms with Gasteiger partial charge in [-0.2, -0.15) is 0 Å². The zero-order chi connectivity index (χ0) is 14.7. The largest absolute Gasteiger partial charge is 0.437 e. The number of pyridine rings is 1. The standard InChI is InChI=1S/C16H25BN2O2/c1-17(20)19-11-15(12-19)21-10-4-6-14-9-8-13-5-2-3-7-16(13)18-14/h8-9,15,20H,2-7,10-12H2,1H3. The molecule has 2 aliphatic rings. The minimum atomic E-state index is -0.343. The summed E-state index contributed by atoms with van der Waals surface area (Å²) in [6.45, 7) is 4.30. The molecule has 2 heterocycles. The summed E-state index contributed by atoms with van der Waals surface area (Å²) in [7, 11) is -0.343. The smallest absolute Gasteiger partial charge is 0.376 e. The molecule has 1 fully saturated rings. The molecule has 3 rings (SSSR count). The van der Waals surface area contributed by atoms with Crippen LogP contribution in [0.15, 0.2) is 12.1 Å². The Morgan fingerprint density at radius 2 is 2.14 bits per heavy atom. The van der Waals surface area contributed by atoms with E-state index in [0.29, 0.717) is 6.10 Å². The third kappa shape index (κ3) is 3.85. The van der Waals surface area contributed by atoms with E-state index in [4.69, 9.17) is 9.72 Å². The van der Waals surface area contributed by atoms with Gasteiger partial charge in [-0.05, 0) is 57.0 Å². The highest BCUT2D eigenvalue weighted by Crippen LogP contribution is 2.20. The lowest BCUT2D eigenvalue weighted by Crippen LogP contribution is -2.57. The van der Waals surface area contributed by atoms with E-state index in [2.05, 4.69) is 12.1 Å². The van der Waals surface area contributed by atoms with E-state index in [1.165, 1.54) is 36.2 Å². The quantitative estimate of drug-likeness (QED) is 0.639. The zero-order valence-corrected chi connectivity index (χ0v) is 12.9. The van der Waals surface area contributed by atoms with Gasteiger partial charge in [0, 0.05) is 31.1 Å². The number of hydrogen-bond acceptors (Lipinski definition) is 4. The Labute approximate surface area is 127 Å². The van der Waals surface area contributed by atoms with Gasteiger partial charge in [-0.1, -0.05) is 6.07 Å². The van der Waals surface area contributed by atoms with Crippen molar-refractivity contribution in [3.8, 4) is 0 Å². The van der Waals surface area contributed by atoms with E-state index >= 15 is 0 Å². The Morgan fingerprint density at radius 3 is 2.95 bits per heavy atom. The Balaban J connectivity index is 1.36. The van der Waals surface area contributed by atoms with Gasteiger partial charge in [0.05, 0.1) is 6.10 Å². The van der Waals surface area contributed by atoms with Gasteiger partial charge < -0.3 is 14.6 Å². The van der Waals surface area contributed by atoms with Crippen LogP contribution in [0.5, 0.6) is 0 Å². The predicted molar refractivity (Wildman–Crippen MR) is 84.3 cm³/mol. The summed E-state index contributed by atoms with van der Waals surface area (Å²) in [4.78, 5) is 6.81. The molecule has 0 radical (unpaired) electrons. The first-order valence-corrected chi connectivity index (χ1v) is 8.24. The number of hydrogen-bond donors (Lipinski definition) is 1. The average Bonchev–Trinajstić information content (AvgIpc) is 2.44. The van der Waals surface area contributed by atoms with Crippen molar-refractivity contribution < 1.29 is 9.76 Å². The van der Waals surface area contributed by atoms with Crippen molar-refractivity contribution in [1.82, 2.24) is 9.79 Å². The molecule has 0 unspecified atom stereocenters. The fraction of sp³-hybridized carbons (Fsp3) is 0.688. The molecule has 1 aliphatic carbocycles. The molecule has 0 spiro atoms. The Morgan fingerprint density at radius 1 is 1.33 bits per heavy atom. The van der Waals surface area contributed by atoms with Crippen LogP contribution in [-0.2, 0) is 24.0 Å². The van der Waals surface area contributed by atoms with E-state index in [9.17, 15) is 5.02 Å². The monoisotopic (exact) mass is 288 g/mol. The molecular weight excluding hydrogens is 263 g/mol. The van der Waals surface area contributed by atoms with Gasteiger partial charge in [0.1, 0.15) is 0 Å². The minimum absolute atomic E-state index is 0.302. The zero-order valence-electron chi connectivity index (χ0n) is 12.9. The summed E-state index contributed by atoms with van der Waals surface area (Å²) in [5, 5.41) is 9.37. The molecule has 1 aromatic rings. The summed E-state index contributed by atoms with van der Waals surface area (Å²) in [5.74, 6) is 0. The molecule has 0 atom stereocenters. The number of fused-ring (bicyclic) bond motifs is 1. The lowest BCUT2D eigenvalue weighted by atomic mass is 9.81. The van der Waals surface area contributed by atoms with Gasteiger partial charge in [0.25, 0.3) is 0 Å². The van der Waals surface area contributed by atoms with Gasteiger partial charge >= 0.3 is 7.05 Å². The molecule has 1 aliphatic heterocycles. The molecule has 21 heavy (non-hydrogen) atoms. The van der Waals surface area contributed by atoms with Crippen LogP contribution in [0.4, 0.5) is 0 Å². The van der Waals surface area contributed by atoms with Crippen molar-refractivity contribution in [2.75, 3.05) is 19.7 Å². The van der Waals surface area contributed by atoms with E-state index in [0.717, 1.165) is 39.0 Å². The number of aryl methyl sites for hydroxylation is 3. The molecule has 0 aromatic carbocycles. The topological polar surface area (TPSA) is 45.6 Å². The van der Waals surface area contributed by atoms with Crippen molar-refractivity contribution in [3.05, 3.63) is 29.1 Å². The molecule has 114 valence electrons. The van der Waals surface area contributed by atoms with Crippen molar-refractivity contribution in [2.24, 2.45) is 0 Å². The Hall–Kier alpha value is -0.905. The van der Waals surface area contributed by atoms with Crippen LogP contribution in [0.3, 0.4) is 0 Å². The summed E-state index contributed by atoms with van der Waals surface area (Å²) in [6.07, 6.45) is 7.28. The van der Waals surface area contributed by atoms with Crippen LogP contribution >= 0.6 is 0 Å². The second-order valence-electron chi connectivity index (χ2n) is 6.30. The first kappa shape index (κ1) is 15.0. The van der Waals surface area contributed by atoms with Crippen LogP contribution in [0, 0.1) is 0 Å². The maximum atomic E-state index is 9.37. The van der Waals surface area contributed by atoms with Gasteiger partial charge in [0.2, 0.25) is 0 Å². The van der Waals surface area contributed by atoms with Crippen LogP contribution in [0.2, 0.25) is 6.82 Å². The Bertz CT molecular complexity index is 475. The molecule has 1 N–H and O–H groups in total. The third-order valence-corrected chi connectivity index (χ3v) is 4.57. The van der Waals surface area contributed by atoms with Crippen LogP contribution in [0.25, 0.3) is 0 Å². The van der Waals surface area contributed by atoms with Crippen LogP contribution in [0.1, 0.15) is 36.2 Å². The molecule has 4 nitrogen and oxygen atoms in total. The molecular formula is C16H25BN2O2. The third-order valence-electron chi connectivity index (χ3n) is 4.57. The summed E-state index contributed by atoms with van der Waals surface area (Å²) < 4.78 is 5.81. The van der Waals surface area contributed by atoms with Crippen molar-refractivity contribution in [1.29, 1.82) is 0 Å². The van der Waals surface area contributed by atoms with E-state index < -0.39 is 0 Å². The van der Waals surface area contributed by atoms with Crippen LogP contribution in [-0.4, -0.2) is 47.7 Å². The average molecular weight is 288 g/mol. The molecule has 1 aromatic heterocycles. The number of ether oxygens (including phenoxy) is 1. The van der Waals surface area contributed by atoms with Gasteiger partial charge in [-0.15, -0.1) is 0 Å². The van der Waals surface area contributed by atoms with E-state index in [1.54, 1.807) is 6.82 Å². The fourth-order valence-corrected chi connectivity index (χ4v) is 3.15. The van der Waals surface area contributed by atoms with Crippen molar-refractivity contribution in [3.63, 3.8) is 0 Å². The maximum Gasteiger partial charge on any atom is 0.376 e. The first-order chi connectivity index (χ1) is 10.2. The second-order valence-corrected chi connectivity index (χ2v) is 6.30. The summed E-state index contributed by atoms with van der Waals surface area (Å²) >= 11 is 0. The number of aromatic nitrogens is 1. The Kier molecular flexibility index (Phi) is 4.93. The lowest BCUT2D eigenvalue weighted by Gasteiger charge is -2.39. The second kappa shape index (κ2) is 6.90. The highest BCUT2D eigenvalue weighted by molar-refractivity contribution is 6.45. The number of nitrogens with zero attached hydrogens (tertiary/aromatic N) is 2. The van der Waals surface area contributed by atoms with Gasteiger partial charge in [-0.3, -0.25) is 4.98 Å². The molecule has 1 saturated heterocycles. The fourth-order valence-electron chi connectivity index (χ4n) is 3.15. The lowest BCUT2D eigenvalue weighted by molar-refractivity contribution is -0.0274. The summed E-state index contributed by atoms with van der Waals surface area (Å²) in [6, 6.07) is 4.45. The van der Waals surface area contributed by atoms with Gasteiger partial charge in [-0.25, -0.2) is 0 Å². The van der Waals surface area contributed by atoms with Crippen LogP contribution < -0.4 is 0 Å². The minimum Gasteiger partial charge on any atom is -0.437 e. The maximum absolute atomic E-state index is 9.37.